The molecule has 0 bridgehead atoms. The van der Waals surface area contributed by atoms with Crippen LogP contribution in [0.1, 0.15) is 22.4 Å². The molecule has 0 radical (unpaired) electrons. The molecule has 0 aliphatic heterocycles. The highest BCUT2D eigenvalue weighted by Crippen LogP contribution is 2.33. The van der Waals surface area contributed by atoms with Crippen molar-refractivity contribution in [1.82, 2.24) is 9.55 Å². The summed E-state index contributed by atoms with van der Waals surface area (Å²) < 4.78 is 15.5. The van der Waals surface area contributed by atoms with Gasteiger partial charge in [-0.3, -0.25) is 0 Å². The number of rotatable bonds is 5. The normalized spacial score (nSPS) is 11.2. The van der Waals surface area contributed by atoms with Crippen LogP contribution in [0.4, 0.5) is 10.2 Å². The van der Waals surface area contributed by atoms with E-state index in [0.717, 1.165) is 27.5 Å². The molecule has 3 nitrogen and oxygen atoms in total. The summed E-state index contributed by atoms with van der Waals surface area (Å²) in [6, 6.07) is 16.6. The van der Waals surface area contributed by atoms with Gasteiger partial charge in [0, 0.05) is 42.4 Å². The summed E-state index contributed by atoms with van der Waals surface area (Å²) in [6.07, 6.45) is 1.85. The number of aromatic nitrogens is 2. The third-order valence-corrected chi connectivity index (χ3v) is 5.88. The molecule has 0 spiro atoms. The van der Waals surface area contributed by atoms with E-state index in [4.69, 9.17) is 16.6 Å². The van der Waals surface area contributed by atoms with Gasteiger partial charge < -0.3 is 9.47 Å². The van der Waals surface area contributed by atoms with Crippen LogP contribution >= 0.6 is 11.6 Å². The van der Waals surface area contributed by atoms with Crippen LogP contribution < -0.4 is 4.90 Å². The van der Waals surface area contributed by atoms with E-state index < -0.39 is 0 Å². The number of nitrogens with zero attached hydrogens (tertiary/aromatic N) is 3. The van der Waals surface area contributed by atoms with Crippen LogP contribution in [0.3, 0.4) is 0 Å². The Bertz CT molecular complexity index is 1160. The first-order chi connectivity index (χ1) is 14.0. The zero-order chi connectivity index (χ0) is 20.5. The average molecular weight is 408 g/mol. The Labute approximate surface area is 175 Å². The molecule has 0 aliphatic carbocycles. The van der Waals surface area contributed by atoms with E-state index in [1.54, 1.807) is 0 Å². The fourth-order valence-corrected chi connectivity index (χ4v) is 3.98. The molecule has 0 unspecified atom stereocenters. The summed E-state index contributed by atoms with van der Waals surface area (Å²) >= 11 is 6.44. The van der Waals surface area contributed by atoms with Crippen molar-refractivity contribution < 1.29 is 4.39 Å². The Morgan fingerprint density at radius 3 is 2.48 bits per heavy atom. The van der Waals surface area contributed by atoms with Gasteiger partial charge in [-0.05, 0) is 54.8 Å². The first-order valence-electron chi connectivity index (χ1n) is 9.59. The molecule has 0 fully saturated rings. The summed E-state index contributed by atoms with van der Waals surface area (Å²) in [7, 11) is 2.02. The van der Waals surface area contributed by atoms with Crippen LogP contribution in [0.15, 0.2) is 60.8 Å². The van der Waals surface area contributed by atoms with Crippen LogP contribution in [-0.2, 0) is 13.1 Å². The maximum Gasteiger partial charge on any atom is 0.153 e. The molecule has 4 rings (SSSR count). The van der Waals surface area contributed by atoms with Gasteiger partial charge in [-0.1, -0.05) is 41.9 Å². The van der Waals surface area contributed by atoms with Gasteiger partial charge in [0.25, 0.3) is 0 Å². The van der Waals surface area contributed by atoms with E-state index >= 15 is 0 Å². The largest absolute Gasteiger partial charge is 0.354 e. The standard InChI is InChI=1S/C24H23ClFN3/c1-16-17(2)29(15-19-6-4-5-7-22(19)25)23-21(16)12-13-27-24(23)28(3)14-18-8-10-20(26)11-9-18/h4-13H,14-15H2,1-3H3. The van der Waals surface area contributed by atoms with E-state index in [1.807, 2.05) is 43.6 Å². The molecule has 5 heteroatoms. The van der Waals surface area contributed by atoms with E-state index in [-0.39, 0.29) is 5.82 Å². The van der Waals surface area contributed by atoms with Crippen molar-refractivity contribution in [3.63, 3.8) is 0 Å². The molecule has 2 heterocycles. The molecule has 148 valence electrons. The van der Waals surface area contributed by atoms with Crippen molar-refractivity contribution in [2.24, 2.45) is 0 Å². The number of benzene rings is 2. The van der Waals surface area contributed by atoms with Crippen LogP contribution in [0.5, 0.6) is 0 Å². The molecular formula is C24H23ClFN3. The number of pyridine rings is 1. The zero-order valence-corrected chi connectivity index (χ0v) is 17.5. The minimum atomic E-state index is -0.225. The van der Waals surface area contributed by atoms with E-state index in [0.29, 0.717) is 13.1 Å². The fraction of sp³-hybridized carbons (Fsp3) is 0.208. The summed E-state index contributed by atoms with van der Waals surface area (Å²) in [4.78, 5) is 6.81. The number of hydrogen-bond donors (Lipinski definition) is 0. The van der Waals surface area contributed by atoms with Crippen molar-refractivity contribution >= 4 is 28.3 Å². The predicted octanol–water partition coefficient (Wildman–Crippen LogP) is 6.13. The van der Waals surface area contributed by atoms with Crippen LogP contribution in [0.25, 0.3) is 10.9 Å². The fourth-order valence-electron chi connectivity index (χ4n) is 3.79. The molecule has 2 aromatic heterocycles. The predicted molar refractivity (Wildman–Crippen MR) is 118 cm³/mol. The Morgan fingerprint density at radius 1 is 1.03 bits per heavy atom. The monoisotopic (exact) mass is 407 g/mol. The number of halogens is 2. The number of anilines is 1. The summed E-state index contributed by atoms with van der Waals surface area (Å²) in [5, 5.41) is 1.95. The van der Waals surface area contributed by atoms with Gasteiger partial charge in [0.1, 0.15) is 5.82 Å². The second-order valence-electron chi connectivity index (χ2n) is 7.40. The van der Waals surface area contributed by atoms with Gasteiger partial charge in [-0.25, -0.2) is 9.37 Å². The first-order valence-corrected chi connectivity index (χ1v) is 9.97. The lowest BCUT2D eigenvalue weighted by atomic mass is 10.2. The van der Waals surface area contributed by atoms with E-state index in [1.165, 1.54) is 28.8 Å². The van der Waals surface area contributed by atoms with E-state index in [9.17, 15) is 4.39 Å². The SMILES string of the molecule is Cc1c(C)n(Cc2ccccc2Cl)c2c(N(C)Cc3ccc(F)cc3)nccc12. The average Bonchev–Trinajstić information content (AvgIpc) is 2.96. The number of aryl methyl sites for hydroxylation is 1. The van der Waals surface area contributed by atoms with E-state index in [2.05, 4.69) is 35.4 Å². The second kappa shape index (κ2) is 7.88. The lowest BCUT2D eigenvalue weighted by molar-refractivity contribution is 0.627. The molecule has 0 saturated heterocycles. The Hall–Kier alpha value is -2.85. The summed E-state index contributed by atoms with van der Waals surface area (Å²) in [6.45, 7) is 5.60. The molecule has 4 aromatic rings. The van der Waals surface area contributed by atoms with Gasteiger partial charge in [0.2, 0.25) is 0 Å². The smallest absolute Gasteiger partial charge is 0.153 e. The molecule has 29 heavy (non-hydrogen) atoms. The quantitative estimate of drug-likeness (QED) is 0.396. The first kappa shape index (κ1) is 19.5. The van der Waals surface area contributed by atoms with Gasteiger partial charge in [0.15, 0.2) is 5.82 Å². The molecule has 0 saturated carbocycles. The highest BCUT2D eigenvalue weighted by atomic mass is 35.5. The highest BCUT2D eigenvalue weighted by molar-refractivity contribution is 6.31. The summed E-state index contributed by atoms with van der Waals surface area (Å²) in [5.74, 6) is 0.673. The molecular weight excluding hydrogens is 385 g/mol. The molecule has 0 N–H and O–H groups in total. The minimum Gasteiger partial charge on any atom is -0.354 e. The Kier molecular flexibility index (Phi) is 5.29. The van der Waals surface area contributed by atoms with Crippen LogP contribution in [-0.4, -0.2) is 16.6 Å². The molecule has 2 aromatic carbocycles. The lowest BCUT2D eigenvalue weighted by Crippen LogP contribution is -2.19. The third kappa shape index (κ3) is 3.73. The summed E-state index contributed by atoms with van der Waals surface area (Å²) in [5.41, 5.74) is 5.64. The van der Waals surface area contributed by atoms with Crippen molar-refractivity contribution in [1.29, 1.82) is 0 Å². The zero-order valence-electron chi connectivity index (χ0n) is 16.8. The van der Waals surface area contributed by atoms with Crippen molar-refractivity contribution in [2.75, 3.05) is 11.9 Å². The Morgan fingerprint density at radius 2 is 1.76 bits per heavy atom. The van der Waals surface area contributed by atoms with Gasteiger partial charge in [-0.15, -0.1) is 0 Å². The van der Waals surface area contributed by atoms with Crippen LogP contribution in [0, 0.1) is 19.7 Å². The van der Waals surface area contributed by atoms with Gasteiger partial charge >= 0.3 is 0 Å². The van der Waals surface area contributed by atoms with Gasteiger partial charge in [0.05, 0.1) is 5.52 Å². The van der Waals surface area contributed by atoms with Crippen molar-refractivity contribution in [3.8, 4) is 0 Å². The number of hydrogen-bond acceptors (Lipinski definition) is 2. The van der Waals surface area contributed by atoms with Crippen molar-refractivity contribution in [2.45, 2.75) is 26.9 Å². The second-order valence-corrected chi connectivity index (χ2v) is 7.81. The van der Waals surface area contributed by atoms with Crippen LogP contribution in [0.2, 0.25) is 5.02 Å². The molecule has 0 atom stereocenters. The maximum atomic E-state index is 13.3. The minimum absolute atomic E-state index is 0.225. The molecule has 0 aliphatic rings. The lowest BCUT2D eigenvalue weighted by Gasteiger charge is -2.21. The maximum absolute atomic E-state index is 13.3. The molecule has 0 amide bonds. The van der Waals surface area contributed by atoms with Crippen molar-refractivity contribution in [3.05, 3.63) is 94.0 Å². The number of fused-ring (bicyclic) bond motifs is 1. The highest BCUT2D eigenvalue weighted by Gasteiger charge is 2.18. The Balaban J connectivity index is 1.79. The third-order valence-electron chi connectivity index (χ3n) is 5.51. The topological polar surface area (TPSA) is 21.1 Å². The van der Waals surface area contributed by atoms with Gasteiger partial charge in [-0.2, -0.15) is 0 Å².